The summed E-state index contributed by atoms with van der Waals surface area (Å²) in [5.74, 6) is 0.722. The molecule has 0 heterocycles. The van der Waals surface area contributed by atoms with E-state index in [1.54, 1.807) is 12.1 Å². The second-order valence-corrected chi connectivity index (χ2v) is 5.20. The molecule has 0 bridgehead atoms. The number of amides is 1. The average Bonchev–Trinajstić information content (AvgIpc) is 2.49. The molecule has 19 heavy (non-hydrogen) atoms. The highest BCUT2D eigenvalue weighted by Gasteiger charge is 2.11. The van der Waals surface area contributed by atoms with Gasteiger partial charge < -0.3 is 0 Å². The highest BCUT2D eigenvalue weighted by atomic mass is 16.2. The van der Waals surface area contributed by atoms with Gasteiger partial charge in [-0.2, -0.15) is 5.10 Å². The Morgan fingerprint density at radius 1 is 1.21 bits per heavy atom. The topological polar surface area (TPSA) is 41.5 Å². The summed E-state index contributed by atoms with van der Waals surface area (Å²) in [5, 5.41) is 4.01. The molecule has 1 saturated carbocycles. The Morgan fingerprint density at radius 3 is 2.68 bits per heavy atom. The quantitative estimate of drug-likeness (QED) is 0.634. The van der Waals surface area contributed by atoms with Crippen LogP contribution in [0.2, 0.25) is 0 Å². The Hall–Kier alpha value is -1.64. The summed E-state index contributed by atoms with van der Waals surface area (Å²) < 4.78 is 0. The van der Waals surface area contributed by atoms with Crippen molar-refractivity contribution in [2.24, 2.45) is 11.0 Å². The molecule has 1 N–H and O–H groups in total. The molecule has 0 atom stereocenters. The fourth-order valence-corrected chi connectivity index (χ4v) is 2.61. The first-order valence-electron chi connectivity index (χ1n) is 7.23. The summed E-state index contributed by atoms with van der Waals surface area (Å²) in [6.07, 6.45) is 10.9. The third-order valence-electron chi connectivity index (χ3n) is 3.72. The summed E-state index contributed by atoms with van der Waals surface area (Å²) in [7, 11) is 0. The Kier molecular flexibility index (Phi) is 5.60. The maximum Gasteiger partial charge on any atom is 0.271 e. The van der Waals surface area contributed by atoms with Gasteiger partial charge in [0, 0.05) is 11.8 Å². The molecular formula is C16H22N2O. The second-order valence-electron chi connectivity index (χ2n) is 5.20. The fraction of sp³-hybridized carbons (Fsp3) is 0.500. The van der Waals surface area contributed by atoms with E-state index in [0.29, 0.717) is 5.56 Å². The van der Waals surface area contributed by atoms with Crippen molar-refractivity contribution in [2.75, 3.05) is 0 Å². The van der Waals surface area contributed by atoms with Crippen LogP contribution in [0, 0.1) is 5.92 Å². The van der Waals surface area contributed by atoms with E-state index in [-0.39, 0.29) is 5.91 Å². The third kappa shape index (κ3) is 4.86. The van der Waals surface area contributed by atoms with Gasteiger partial charge in [0.15, 0.2) is 0 Å². The molecule has 0 unspecified atom stereocenters. The van der Waals surface area contributed by atoms with Crippen LogP contribution < -0.4 is 5.43 Å². The Morgan fingerprint density at radius 2 is 1.95 bits per heavy atom. The van der Waals surface area contributed by atoms with Crippen LogP contribution in [-0.4, -0.2) is 12.1 Å². The Labute approximate surface area is 115 Å². The number of nitrogens with one attached hydrogen (secondary N) is 1. The SMILES string of the molecule is O=C(N/N=C/CCC1CCCCC1)c1ccccc1. The Bertz CT molecular complexity index is 408. The summed E-state index contributed by atoms with van der Waals surface area (Å²) >= 11 is 0. The van der Waals surface area contributed by atoms with Gasteiger partial charge in [-0.05, 0) is 30.9 Å². The van der Waals surface area contributed by atoms with E-state index in [0.717, 1.165) is 12.3 Å². The lowest BCUT2D eigenvalue weighted by Gasteiger charge is -2.20. The van der Waals surface area contributed by atoms with Gasteiger partial charge in [-0.3, -0.25) is 4.79 Å². The molecule has 0 aromatic heterocycles. The van der Waals surface area contributed by atoms with Crippen LogP contribution in [0.1, 0.15) is 55.3 Å². The number of nitrogens with zero attached hydrogens (tertiary/aromatic N) is 1. The van der Waals surface area contributed by atoms with Gasteiger partial charge in [0.05, 0.1) is 0 Å². The maximum absolute atomic E-state index is 11.7. The molecule has 3 nitrogen and oxygen atoms in total. The normalized spacial score (nSPS) is 16.6. The van der Waals surface area contributed by atoms with Crippen LogP contribution in [0.4, 0.5) is 0 Å². The smallest absolute Gasteiger partial charge is 0.267 e. The van der Waals surface area contributed by atoms with Crippen molar-refractivity contribution in [2.45, 2.75) is 44.9 Å². The molecule has 0 aliphatic heterocycles. The van der Waals surface area contributed by atoms with Crippen molar-refractivity contribution in [3.63, 3.8) is 0 Å². The summed E-state index contributed by atoms with van der Waals surface area (Å²) in [6, 6.07) is 9.16. The number of benzene rings is 1. The van der Waals surface area contributed by atoms with E-state index >= 15 is 0 Å². The average molecular weight is 258 g/mol. The van der Waals surface area contributed by atoms with Crippen LogP contribution in [0.15, 0.2) is 35.4 Å². The van der Waals surface area contributed by atoms with E-state index in [1.165, 1.54) is 38.5 Å². The molecule has 1 fully saturated rings. The van der Waals surface area contributed by atoms with Crippen molar-refractivity contribution >= 4 is 12.1 Å². The standard InChI is InChI=1S/C16H22N2O/c19-16(15-11-5-2-6-12-15)18-17-13-7-10-14-8-3-1-4-9-14/h2,5-6,11-14H,1,3-4,7-10H2,(H,18,19)/b17-13+. The van der Waals surface area contributed by atoms with Crippen LogP contribution in [-0.2, 0) is 0 Å². The minimum absolute atomic E-state index is 0.144. The fourth-order valence-electron chi connectivity index (χ4n) is 2.61. The van der Waals surface area contributed by atoms with E-state index in [2.05, 4.69) is 10.5 Å². The number of hydrazone groups is 1. The minimum Gasteiger partial charge on any atom is -0.267 e. The molecule has 1 amide bonds. The predicted molar refractivity (Wildman–Crippen MR) is 78.2 cm³/mol. The van der Waals surface area contributed by atoms with E-state index in [9.17, 15) is 4.79 Å². The van der Waals surface area contributed by atoms with Gasteiger partial charge in [-0.1, -0.05) is 50.3 Å². The van der Waals surface area contributed by atoms with Gasteiger partial charge >= 0.3 is 0 Å². The van der Waals surface area contributed by atoms with E-state index in [4.69, 9.17) is 0 Å². The molecule has 102 valence electrons. The summed E-state index contributed by atoms with van der Waals surface area (Å²) in [4.78, 5) is 11.7. The maximum atomic E-state index is 11.7. The van der Waals surface area contributed by atoms with Crippen LogP contribution in [0.5, 0.6) is 0 Å². The van der Waals surface area contributed by atoms with Crippen LogP contribution >= 0.6 is 0 Å². The number of hydrogen-bond acceptors (Lipinski definition) is 2. The van der Waals surface area contributed by atoms with E-state index in [1.807, 2.05) is 24.4 Å². The van der Waals surface area contributed by atoms with Gasteiger partial charge in [0.2, 0.25) is 0 Å². The Balaban J connectivity index is 1.65. The van der Waals surface area contributed by atoms with Gasteiger partial charge in [-0.15, -0.1) is 0 Å². The van der Waals surface area contributed by atoms with Crippen molar-refractivity contribution in [1.82, 2.24) is 5.43 Å². The molecule has 2 rings (SSSR count). The summed E-state index contributed by atoms with van der Waals surface area (Å²) in [5.41, 5.74) is 3.21. The first-order valence-corrected chi connectivity index (χ1v) is 7.23. The molecule has 1 aliphatic carbocycles. The van der Waals surface area contributed by atoms with Crippen molar-refractivity contribution in [3.8, 4) is 0 Å². The molecule has 0 spiro atoms. The first kappa shape index (κ1) is 13.8. The highest BCUT2D eigenvalue weighted by molar-refractivity contribution is 5.94. The van der Waals surface area contributed by atoms with Crippen LogP contribution in [0.25, 0.3) is 0 Å². The van der Waals surface area contributed by atoms with Crippen molar-refractivity contribution < 1.29 is 4.79 Å². The lowest BCUT2D eigenvalue weighted by atomic mass is 9.86. The molecule has 0 saturated heterocycles. The monoisotopic (exact) mass is 258 g/mol. The summed E-state index contributed by atoms with van der Waals surface area (Å²) in [6.45, 7) is 0. The molecule has 1 aromatic carbocycles. The van der Waals surface area contributed by atoms with Gasteiger partial charge in [-0.25, -0.2) is 5.43 Å². The minimum atomic E-state index is -0.144. The van der Waals surface area contributed by atoms with E-state index < -0.39 is 0 Å². The predicted octanol–water partition coefficient (Wildman–Crippen LogP) is 3.76. The second kappa shape index (κ2) is 7.72. The lowest BCUT2D eigenvalue weighted by molar-refractivity contribution is 0.0955. The first-order chi connectivity index (χ1) is 9.36. The molecule has 1 aliphatic rings. The number of hydrogen-bond donors (Lipinski definition) is 1. The zero-order valence-corrected chi connectivity index (χ0v) is 11.3. The van der Waals surface area contributed by atoms with Crippen molar-refractivity contribution in [3.05, 3.63) is 35.9 Å². The number of carbonyl (C=O) groups excluding carboxylic acids is 1. The number of carbonyl (C=O) groups is 1. The highest BCUT2D eigenvalue weighted by Crippen LogP contribution is 2.26. The van der Waals surface area contributed by atoms with Gasteiger partial charge in [0.1, 0.15) is 0 Å². The van der Waals surface area contributed by atoms with Gasteiger partial charge in [0.25, 0.3) is 5.91 Å². The zero-order chi connectivity index (χ0) is 13.3. The van der Waals surface area contributed by atoms with Crippen molar-refractivity contribution in [1.29, 1.82) is 0 Å². The number of rotatable bonds is 5. The molecular weight excluding hydrogens is 236 g/mol. The lowest BCUT2D eigenvalue weighted by Crippen LogP contribution is -2.17. The third-order valence-corrected chi connectivity index (χ3v) is 3.72. The molecule has 1 aromatic rings. The largest absolute Gasteiger partial charge is 0.271 e. The zero-order valence-electron chi connectivity index (χ0n) is 11.3. The molecule has 3 heteroatoms. The molecule has 0 radical (unpaired) electrons. The van der Waals surface area contributed by atoms with Crippen LogP contribution in [0.3, 0.4) is 0 Å².